The molecule has 162 valence electrons. The van der Waals surface area contributed by atoms with Crippen molar-refractivity contribution >= 4 is 42.2 Å². The van der Waals surface area contributed by atoms with Gasteiger partial charge in [-0.1, -0.05) is 37.4 Å². The second-order valence-corrected chi connectivity index (χ2v) is 10.7. The number of nitrogens with one attached hydrogen (secondary N) is 1. The first kappa shape index (κ1) is 20.0. The fraction of sp³-hybridized carbons (Fsp3) is 0.280. The maximum absolute atomic E-state index is 5.15. The Hall–Kier alpha value is -2.65. The second-order valence-electron chi connectivity index (χ2n) is 8.73. The lowest BCUT2D eigenvalue weighted by Gasteiger charge is -2.23. The van der Waals surface area contributed by atoms with Crippen LogP contribution in [-0.4, -0.2) is 50.2 Å². The molecule has 1 unspecified atom stereocenters. The first-order valence-corrected chi connectivity index (χ1v) is 13.6. The summed E-state index contributed by atoms with van der Waals surface area (Å²) in [6.45, 7) is 4.39. The van der Waals surface area contributed by atoms with E-state index in [-0.39, 0.29) is 20.7 Å². The van der Waals surface area contributed by atoms with E-state index in [1.807, 2.05) is 24.5 Å². The molecule has 4 aromatic rings. The lowest BCUT2D eigenvalue weighted by atomic mass is 9.87. The van der Waals surface area contributed by atoms with Crippen LogP contribution in [-0.2, 0) is 0 Å². The van der Waals surface area contributed by atoms with Gasteiger partial charge in [-0.2, -0.15) is 0 Å². The number of hydrogen-bond donors (Lipinski definition) is 1. The van der Waals surface area contributed by atoms with Crippen LogP contribution in [0.3, 0.4) is 0 Å². The summed E-state index contributed by atoms with van der Waals surface area (Å²) in [6.07, 6.45) is 6.14. The molecular formula is C25H25IN6. The highest BCUT2D eigenvalue weighted by atomic mass is 127. The third-order valence-corrected chi connectivity index (χ3v) is 8.36. The van der Waals surface area contributed by atoms with Crippen LogP contribution in [0.25, 0.3) is 28.2 Å². The van der Waals surface area contributed by atoms with Gasteiger partial charge in [0.25, 0.3) is 0 Å². The van der Waals surface area contributed by atoms with E-state index in [1.165, 1.54) is 16.4 Å². The monoisotopic (exact) mass is 536 g/mol. The Morgan fingerprint density at radius 3 is 2.56 bits per heavy atom. The van der Waals surface area contributed by atoms with Crippen molar-refractivity contribution in [3.8, 4) is 17.1 Å². The zero-order valence-electron chi connectivity index (χ0n) is 17.8. The van der Waals surface area contributed by atoms with Gasteiger partial charge in [-0.3, -0.25) is 9.55 Å². The molecular weight excluding hydrogens is 511 g/mol. The van der Waals surface area contributed by atoms with E-state index >= 15 is 0 Å². The number of hydrogen-bond acceptors (Lipinski definition) is 5. The Morgan fingerprint density at radius 2 is 1.81 bits per heavy atom. The number of halogens is 1. The van der Waals surface area contributed by atoms with Crippen molar-refractivity contribution in [3.05, 3.63) is 64.5 Å². The Morgan fingerprint density at radius 1 is 0.969 bits per heavy atom. The zero-order valence-corrected chi connectivity index (χ0v) is 20.0. The van der Waals surface area contributed by atoms with E-state index in [2.05, 4.69) is 60.7 Å². The topological polar surface area (TPSA) is 58.9 Å². The van der Waals surface area contributed by atoms with Gasteiger partial charge in [0.1, 0.15) is 17.2 Å². The minimum Gasteiger partial charge on any atom is -0.356 e. The summed E-state index contributed by atoms with van der Waals surface area (Å²) in [4.78, 5) is 16.8. The molecule has 1 aromatic carbocycles. The average Bonchev–Trinajstić information content (AvgIpc) is 3.58. The highest BCUT2D eigenvalue weighted by Crippen LogP contribution is 2.38. The molecule has 3 aromatic heterocycles. The molecule has 7 heteroatoms. The van der Waals surface area contributed by atoms with Crippen LogP contribution in [0.5, 0.6) is 0 Å². The Balaban J connectivity index is 1.47. The van der Waals surface area contributed by atoms with Gasteiger partial charge in [0, 0.05) is 46.6 Å². The van der Waals surface area contributed by atoms with E-state index in [4.69, 9.17) is 9.97 Å². The third kappa shape index (κ3) is 3.44. The van der Waals surface area contributed by atoms with E-state index in [0.717, 1.165) is 60.2 Å². The molecule has 0 radical (unpaired) electrons. The number of fused-ring (bicyclic) bond motifs is 1. The number of rotatable bonds is 4. The first-order valence-electron chi connectivity index (χ1n) is 11.0. The van der Waals surface area contributed by atoms with Gasteiger partial charge in [0.05, 0.1) is 5.69 Å². The van der Waals surface area contributed by atoms with Crippen molar-refractivity contribution in [1.82, 2.24) is 24.8 Å². The lowest BCUT2D eigenvalue weighted by Crippen LogP contribution is -2.29. The smallest absolute Gasteiger partial charge is 0.167 e. The van der Waals surface area contributed by atoms with Crippen LogP contribution >= 0.6 is 20.7 Å². The molecule has 0 aliphatic carbocycles. The minimum atomic E-state index is -0.171. The quantitative estimate of drug-likeness (QED) is 0.396. The standard InChI is InChI=1S/C25H25IN6/c1-26-19-4-2-18(3-5-19)23-29-21-6-7-22(31-15-11-25(17-31)10-14-28-16-25)30-24(21)32(23)20-8-12-27-13-9-20/h2-9,12-13,28H,1,10-11,14-17H2. The van der Waals surface area contributed by atoms with Crippen molar-refractivity contribution in [3.63, 3.8) is 0 Å². The highest BCUT2D eigenvalue weighted by Gasteiger charge is 2.40. The number of imidazole rings is 1. The maximum Gasteiger partial charge on any atom is 0.167 e. The molecule has 0 bridgehead atoms. The van der Waals surface area contributed by atoms with E-state index < -0.39 is 0 Å². The van der Waals surface area contributed by atoms with Crippen LogP contribution in [0.1, 0.15) is 12.8 Å². The van der Waals surface area contributed by atoms with Crippen LogP contribution in [0.2, 0.25) is 0 Å². The number of aromatic nitrogens is 4. The highest BCUT2D eigenvalue weighted by molar-refractivity contribution is 14.2. The van der Waals surface area contributed by atoms with E-state index in [9.17, 15) is 0 Å². The molecule has 5 heterocycles. The van der Waals surface area contributed by atoms with Crippen LogP contribution in [0.4, 0.5) is 5.82 Å². The fourth-order valence-corrected chi connectivity index (χ4v) is 5.89. The third-order valence-electron chi connectivity index (χ3n) is 6.76. The number of benzene rings is 1. The summed E-state index contributed by atoms with van der Waals surface area (Å²) in [5, 5.41) is 3.55. The van der Waals surface area contributed by atoms with Crippen LogP contribution in [0, 0.1) is 8.99 Å². The summed E-state index contributed by atoms with van der Waals surface area (Å²) in [6, 6.07) is 16.9. The fourth-order valence-electron chi connectivity index (χ4n) is 5.02. The van der Waals surface area contributed by atoms with Crippen molar-refractivity contribution in [2.75, 3.05) is 31.1 Å². The Bertz CT molecular complexity index is 1280. The average molecular weight is 536 g/mol. The minimum absolute atomic E-state index is 0.171. The first-order chi connectivity index (χ1) is 15.7. The largest absolute Gasteiger partial charge is 0.356 e. The van der Waals surface area contributed by atoms with E-state index in [1.54, 1.807) is 0 Å². The van der Waals surface area contributed by atoms with Crippen molar-refractivity contribution < 1.29 is 0 Å². The molecule has 2 aliphatic rings. The summed E-state index contributed by atoms with van der Waals surface area (Å²) in [5.41, 5.74) is 4.31. The van der Waals surface area contributed by atoms with Gasteiger partial charge in [-0.25, -0.2) is 9.97 Å². The molecule has 2 fully saturated rings. The molecule has 1 N–H and O–H groups in total. The van der Waals surface area contributed by atoms with Crippen molar-refractivity contribution in [2.24, 2.45) is 5.41 Å². The molecule has 32 heavy (non-hydrogen) atoms. The van der Waals surface area contributed by atoms with Crippen LogP contribution < -0.4 is 10.2 Å². The molecule has 0 saturated carbocycles. The summed E-state index contributed by atoms with van der Waals surface area (Å²) in [5.74, 6) is 1.95. The summed E-state index contributed by atoms with van der Waals surface area (Å²) >= 11 is -0.171. The van der Waals surface area contributed by atoms with Gasteiger partial charge in [-0.05, 0) is 55.8 Å². The van der Waals surface area contributed by atoms with Crippen molar-refractivity contribution in [1.29, 1.82) is 0 Å². The van der Waals surface area contributed by atoms with Gasteiger partial charge in [-0.15, -0.1) is 0 Å². The number of pyridine rings is 2. The molecule has 1 atom stereocenters. The summed E-state index contributed by atoms with van der Waals surface area (Å²) in [7, 11) is 0. The molecule has 1 spiro atoms. The Labute approximate surface area is 197 Å². The molecule has 2 saturated heterocycles. The molecule has 6 rings (SSSR count). The molecule has 2 aliphatic heterocycles. The zero-order chi connectivity index (χ0) is 21.5. The number of nitrogens with zero attached hydrogens (tertiary/aromatic N) is 5. The molecule has 0 amide bonds. The van der Waals surface area contributed by atoms with Gasteiger partial charge in [0.2, 0.25) is 0 Å². The maximum atomic E-state index is 5.15. The van der Waals surface area contributed by atoms with E-state index in [0.29, 0.717) is 5.41 Å². The predicted molar refractivity (Wildman–Crippen MR) is 139 cm³/mol. The second kappa shape index (κ2) is 8.04. The summed E-state index contributed by atoms with van der Waals surface area (Å²) < 4.78 is 7.58. The van der Waals surface area contributed by atoms with Gasteiger partial charge in [0.15, 0.2) is 5.65 Å². The van der Waals surface area contributed by atoms with Crippen LogP contribution in [0.15, 0.2) is 60.9 Å². The Kier molecular flexibility index (Phi) is 5.02. The van der Waals surface area contributed by atoms with Crippen molar-refractivity contribution in [2.45, 2.75) is 12.8 Å². The van der Waals surface area contributed by atoms with Gasteiger partial charge < -0.3 is 10.2 Å². The molecule has 6 nitrogen and oxygen atoms in total. The number of anilines is 1. The predicted octanol–water partition coefficient (Wildman–Crippen LogP) is 4.24. The van der Waals surface area contributed by atoms with Gasteiger partial charge >= 0.3 is 0 Å². The normalized spacial score (nSPS) is 20.6. The SMILES string of the molecule is C=Ic1ccc(-c2nc3ccc(N4CCC5(CCNC5)C4)nc3n2-c2ccncc2)cc1. The lowest BCUT2D eigenvalue weighted by molar-refractivity contribution is 0.369.